The van der Waals surface area contributed by atoms with E-state index in [-0.39, 0.29) is 34.2 Å². The van der Waals surface area contributed by atoms with E-state index >= 15 is 0 Å². The lowest BCUT2D eigenvalue weighted by Crippen LogP contribution is -2.48. The van der Waals surface area contributed by atoms with Gasteiger partial charge < -0.3 is 10.6 Å². The van der Waals surface area contributed by atoms with Crippen molar-refractivity contribution in [3.05, 3.63) is 23.2 Å². The molecule has 2 aliphatic heterocycles. The lowest BCUT2D eigenvalue weighted by atomic mass is 9.88. The summed E-state index contributed by atoms with van der Waals surface area (Å²) >= 11 is 6.11. The van der Waals surface area contributed by atoms with Crippen molar-refractivity contribution in [1.82, 2.24) is 9.62 Å². The zero-order valence-electron chi connectivity index (χ0n) is 14.0. The summed E-state index contributed by atoms with van der Waals surface area (Å²) in [5, 5.41) is 6.14. The molecule has 9 heteroatoms. The van der Waals surface area contributed by atoms with Crippen LogP contribution in [-0.4, -0.2) is 44.8 Å². The topological polar surface area (TPSA) is 78.5 Å². The summed E-state index contributed by atoms with van der Waals surface area (Å²) in [6.07, 6.45) is 1.72. The number of hydrogen-bond donors (Lipinski definition) is 2. The minimum Gasteiger partial charge on any atom is -0.326 e. The number of nitrogens with zero attached hydrogens (tertiary/aromatic N) is 1. The number of halogens is 2. The van der Waals surface area contributed by atoms with Crippen molar-refractivity contribution in [2.24, 2.45) is 11.8 Å². The minimum atomic E-state index is -3.62. The van der Waals surface area contributed by atoms with Crippen molar-refractivity contribution in [1.29, 1.82) is 0 Å². The molecule has 0 saturated carbocycles. The standard InChI is InChI=1S/C16H22ClN3O3S.ClH/c1-11(12-9-18-10-12)16(21)19-13-4-5-14(17)15(8-13)24(22,23)20-6-2-3-7-20;/h4-5,8,11-12,18H,2-3,6-7,9-10H2,1H3,(H,19,21);1H. The molecule has 2 aliphatic rings. The first-order valence-electron chi connectivity index (χ1n) is 8.21. The van der Waals surface area contributed by atoms with Gasteiger partial charge in [0.05, 0.1) is 5.02 Å². The molecule has 0 radical (unpaired) electrons. The van der Waals surface area contributed by atoms with E-state index in [9.17, 15) is 13.2 Å². The fourth-order valence-corrected chi connectivity index (χ4v) is 5.00. The van der Waals surface area contributed by atoms with Gasteiger partial charge in [-0.3, -0.25) is 4.79 Å². The molecule has 6 nitrogen and oxygen atoms in total. The van der Waals surface area contributed by atoms with E-state index in [1.807, 2.05) is 6.92 Å². The predicted molar refractivity (Wildman–Crippen MR) is 101 cm³/mol. The maximum absolute atomic E-state index is 12.7. The molecule has 1 unspecified atom stereocenters. The fraction of sp³-hybridized carbons (Fsp3) is 0.562. The SMILES string of the molecule is CC(C(=O)Nc1ccc(Cl)c(S(=O)(=O)N2CCCC2)c1)C1CNC1.Cl. The van der Waals surface area contributed by atoms with Gasteiger partial charge in [0.2, 0.25) is 15.9 Å². The Balaban J connectivity index is 0.00000225. The first kappa shape index (κ1) is 20.5. The molecular formula is C16H23Cl2N3O3S. The Hall–Kier alpha value is -0.860. The average Bonchev–Trinajstić information content (AvgIpc) is 3.02. The van der Waals surface area contributed by atoms with Gasteiger partial charge in [0.1, 0.15) is 4.90 Å². The molecular weight excluding hydrogens is 385 g/mol. The van der Waals surface area contributed by atoms with Crippen LogP contribution in [0.1, 0.15) is 19.8 Å². The number of rotatable bonds is 5. The maximum Gasteiger partial charge on any atom is 0.244 e. The van der Waals surface area contributed by atoms with Crippen molar-refractivity contribution in [3.8, 4) is 0 Å². The smallest absolute Gasteiger partial charge is 0.244 e. The molecule has 2 saturated heterocycles. The highest BCUT2D eigenvalue weighted by atomic mass is 35.5. The Morgan fingerprint density at radius 1 is 1.32 bits per heavy atom. The summed E-state index contributed by atoms with van der Waals surface area (Å²) in [5.74, 6) is 0.0963. The third-order valence-corrected chi connectivity index (χ3v) is 7.20. The third kappa shape index (κ3) is 4.28. The number of carbonyl (C=O) groups is 1. The van der Waals surface area contributed by atoms with E-state index < -0.39 is 10.0 Å². The molecule has 1 aromatic carbocycles. The quantitative estimate of drug-likeness (QED) is 0.784. The number of amides is 1. The lowest BCUT2D eigenvalue weighted by Gasteiger charge is -2.31. The summed E-state index contributed by atoms with van der Waals surface area (Å²) in [6, 6.07) is 4.62. The molecule has 1 aromatic rings. The predicted octanol–water partition coefficient (Wildman–Crippen LogP) is 2.34. The zero-order chi connectivity index (χ0) is 17.3. The molecule has 1 amide bonds. The van der Waals surface area contributed by atoms with Crippen LogP contribution in [0.3, 0.4) is 0 Å². The summed E-state index contributed by atoms with van der Waals surface area (Å²) < 4.78 is 26.9. The van der Waals surface area contributed by atoms with Gasteiger partial charge in [0.15, 0.2) is 0 Å². The Bertz CT molecular complexity index is 732. The van der Waals surface area contributed by atoms with Gasteiger partial charge >= 0.3 is 0 Å². The monoisotopic (exact) mass is 407 g/mol. The second-order valence-corrected chi connectivity index (χ2v) is 8.77. The molecule has 0 spiro atoms. The summed E-state index contributed by atoms with van der Waals surface area (Å²) in [5.41, 5.74) is 0.460. The largest absolute Gasteiger partial charge is 0.326 e. The first-order valence-corrected chi connectivity index (χ1v) is 10.0. The Labute approximate surface area is 159 Å². The van der Waals surface area contributed by atoms with Crippen molar-refractivity contribution in [2.45, 2.75) is 24.7 Å². The van der Waals surface area contributed by atoms with E-state index in [1.54, 1.807) is 6.07 Å². The number of sulfonamides is 1. The van der Waals surface area contributed by atoms with Crippen LogP contribution in [0.15, 0.2) is 23.1 Å². The Kier molecular flexibility index (Phi) is 6.73. The van der Waals surface area contributed by atoms with Crippen LogP contribution in [0.5, 0.6) is 0 Å². The van der Waals surface area contributed by atoms with Crippen LogP contribution in [-0.2, 0) is 14.8 Å². The van der Waals surface area contributed by atoms with Crippen LogP contribution in [0.4, 0.5) is 5.69 Å². The second kappa shape index (κ2) is 8.22. The molecule has 140 valence electrons. The Morgan fingerprint density at radius 3 is 2.52 bits per heavy atom. The highest BCUT2D eigenvalue weighted by molar-refractivity contribution is 7.89. The molecule has 25 heavy (non-hydrogen) atoms. The van der Waals surface area contributed by atoms with Crippen LogP contribution in [0.25, 0.3) is 0 Å². The maximum atomic E-state index is 12.7. The number of benzene rings is 1. The second-order valence-electron chi connectivity index (χ2n) is 6.45. The van der Waals surface area contributed by atoms with Crippen LogP contribution >= 0.6 is 24.0 Å². The summed E-state index contributed by atoms with van der Waals surface area (Å²) in [6.45, 7) is 4.59. The highest BCUT2D eigenvalue weighted by Gasteiger charge is 2.31. The highest BCUT2D eigenvalue weighted by Crippen LogP contribution is 2.30. The van der Waals surface area contributed by atoms with Crippen molar-refractivity contribution < 1.29 is 13.2 Å². The number of nitrogens with one attached hydrogen (secondary N) is 2. The van der Waals surface area contributed by atoms with E-state index in [1.165, 1.54) is 16.4 Å². The molecule has 2 fully saturated rings. The number of carbonyl (C=O) groups excluding carboxylic acids is 1. The fourth-order valence-electron chi connectivity index (χ4n) is 2.98. The van der Waals surface area contributed by atoms with Gasteiger partial charge in [0, 0.05) is 24.7 Å². The first-order chi connectivity index (χ1) is 11.4. The normalized spacial score (nSPS) is 19.8. The molecule has 0 aromatic heterocycles. The zero-order valence-corrected chi connectivity index (χ0v) is 16.4. The third-order valence-electron chi connectivity index (χ3n) is 4.82. The molecule has 0 bridgehead atoms. The van der Waals surface area contributed by atoms with Crippen molar-refractivity contribution in [3.63, 3.8) is 0 Å². The average molecular weight is 408 g/mol. The molecule has 0 aliphatic carbocycles. The molecule has 2 N–H and O–H groups in total. The number of anilines is 1. The van der Waals surface area contributed by atoms with Gasteiger partial charge in [0.25, 0.3) is 0 Å². The van der Waals surface area contributed by atoms with Crippen molar-refractivity contribution >= 4 is 45.6 Å². The number of hydrogen-bond acceptors (Lipinski definition) is 4. The summed E-state index contributed by atoms with van der Waals surface area (Å²) in [7, 11) is -3.62. The molecule has 1 atom stereocenters. The van der Waals surface area contributed by atoms with Gasteiger partial charge in [-0.1, -0.05) is 18.5 Å². The van der Waals surface area contributed by atoms with Crippen molar-refractivity contribution in [2.75, 3.05) is 31.5 Å². The van der Waals surface area contributed by atoms with E-state index in [0.717, 1.165) is 25.9 Å². The van der Waals surface area contributed by atoms with Gasteiger partial charge in [-0.15, -0.1) is 12.4 Å². The minimum absolute atomic E-state index is 0. The van der Waals surface area contributed by atoms with Crippen LogP contribution in [0.2, 0.25) is 5.02 Å². The van der Waals surface area contributed by atoms with E-state index in [4.69, 9.17) is 11.6 Å². The Morgan fingerprint density at radius 2 is 1.96 bits per heavy atom. The lowest BCUT2D eigenvalue weighted by molar-refractivity contribution is -0.121. The van der Waals surface area contributed by atoms with Crippen LogP contribution in [0, 0.1) is 11.8 Å². The molecule has 3 rings (SSSR count). The van der Waals surface area contributed by atoms with E-state index in [2.05, 4.69) is 10.6 Å². The summed E-state index contributed by atoms with van der Waals surface area (Å²) in [4.78, 5) is 12.4. The van der Waals surface area contributed by atoms with Crippen LogP contribution < -0.4 is 10.6 Å². The van der Waals surface area contributed by atoms with Gasteiger partial charge in [-0.25, -0.2) is 8.42 Å². The van der Waals surface area contributed by atoms with Gasteiger partial charge in [-0.2, -0.15) is 4.31 Å². The van der Waals surface area contributed by atoms with Gasteiger partial charge in [-0.05, 0) is 50.0 Å². The molecule has 2 heterocycles. The van der Waals surface area contributed by atoms with E-state index in [0.29, 0.717) is 24.7 Å².